The minimum absolute atomic E-state index is 0.0133. The molecule has 1 aromatic rings. The van der Waals surface area contributed by atoms with Crippen molar-refractivity contribution in [3.05, 3.63) is 11.9 Å². The van der Waals surface area contributed by atoms with Crippen molar-refractivity contribution in [1.82, 2.24) is 31.2 Å². The zero-order valence-electron chi connectivity index (χ0n) is 9.86. The lowest BCUT2D eigenvalue weighted by Gasteiger charge is -2.03. The number of carbonyl (C=O) groups is 2. The fourth-order valence-electron chi connectivity index (χ4n) is 1.09. The fourth-order valence-corrected chi connectivity index (χ4v) is 1.09. The van der Waals surface area contributed by atoms with Gasteiger partial charge < -0.3 is 5.32 Å². The maximum atomic E-state index is 11.3. The van der Waals surface area contributed by atoms with Crippen LogP contribution in [-0.2, 0) is 22.7 Å². The summed E-state index contributed by atoms with van der Waals surface area (Å²) in [5.74, 6) is -0.690. The van der Waals surface area contributed by atoms with Crippen LogP contribution in [0, 0.1) is 0 Å². The van der Waals surface area contributed by atoms with Crippen molar-refractivity contribution in [2.75, 3.05) is 6.54 Å². The van der Waals surface area contributed by atoms with Crippen LogP contribution in [0.3, 0.4) is 0 Å². The summed E-state index contributed by atoms with van der Waals surface area (Å²) in [4.78, 5) is 21.9. The smallest absolute Gasteiger partial charge is 0.260 e. The molecule has 0 spiro atoms. The molecule has 1 aromatic heterocycles. The molecule has 1 rings (SSSR count). The Bertz CT molecular complexity index is 389. The normalized spacial score (nSPS) is 10.0. The highest BCUT2D eigenvalue weighted by atomic mass is 16.2. The van der Waals surface area contributed by atoms with Crippen molar-refractivity contribution < 1.29 is 9.59 Å². The van der Waals surface area contributed by atoms with Crippen LogP contribution in [0.15, 0.2) is 6.20 Å². The highest BCUT2D eigenvalue weighted by Crippen LogP contribution is 1.92. The Labute approximate surface area is 98.7 Å². The number of carbonyl (C=O) groups excluding carboxylic acids is 2. The first-order chi connectivity index (χ1) is 8.11. The van der Waals surface area contributed by atoms with Crippen molar-refractivity contribution in [2.24, 2.45) is 0 Å². The van der Waals surface area contributed by atoms with Crippen LogP contribution < -0.4 is 16.2 Å². The molecule has 0 fully saturated rings. The standard InChI is InChI=1S/C9H16N6O2/c1-3-10-4-8-5-15(14-12-8)6-9(17)13-11-7(2)16/h5,10H,3-4,6H2,1-2H3,(H,11,16)(H,13,17). The molecule has 0 aliphatic carbocycles. The van der Waals surface area contributed by atoms with Gasteiger partial charge in [0.05, 0.1) is 11.9 Å². The van der Waals surface area contributed by atoms with Crippen LogP contribution in [0.1, 0.15) is 19.5 Å². The van der Waals surface area contributed by atoms with E-state index < -0.39 is 0 Å². The SMILES string of the molecule is CCNCc1cn(CC(=O)NNC(C)=O)nn1. The molecule has 0 saturated heterocycles. The maximum Gasteiger partial charge on any atom is 0.260 e. The quantitative estimate of drug-likeness (QED) is 0.547. The van der Waals surface area contributed by atoms with E-state index in [-0.39, 0.29) is 18.4 Å². The molecule has 0 atom stereocenters. The summed E-state index contributed by atoms with van der Waals surface area (Å²) in [6, 6.07) is 0. The monoisotopic (exact) mass is 240 g/mol. The Kier molecular flexibility index (Phi) is 5.08. The van der Waals surface area contributed by atoms with Crippen LogP contribution >= 0.6 is 0 Å². The number of nitrogens with zero attached hydrogens (tertiary/aromatic N) is 3. The Morgan fingerprint density at radius 2 is 2.18 bits per heavy atom. The van der Waals surface area contributed by atoms with Gasteiger partial charge in [0.2, 0.25) is 5.91 Å². The lowest BCUT2D eigenvalue weighted by molar-refractivity contribution is -0.128. The zero-order chi connectivity index (χ0) is 12.7. The van der Waals surface area contributed by atoms with Crippen LogP contribution in [0.25, 0.3) is 0 Å². The molecular weight excluding hydrogens is 224 g/mol. The van der Waals surface area contributed by atoms with Gasteiger partial charge in [-0.05, 0) is 6.54 Å². The highest BCUT2D eigenvalue weighted by Gasteiger charge is 2.05. The third kappa shape index (κ3) is 5.07. The van der Waals surface area contributed by atoms with E-state index in [2.05, 4.69) is 26.5 Å². The second-order valence-corrected chi connectivity index (χ2v) is 3.42. The molecule has 0 bridgehead atoms. The molecule has 0 unspecified atom stereocenters. The summed E-state index contributed by atoms with van der Waals surface area (Å²) in [5.41, 5.74) is 5.20. The van der Waals surface area contributed by atoms with Crippen molar-refractivity contribution >= 4 is 11.8 Å². The van der Waals surface area contributed by atoms with Gasteiger partial charge in [-0.2, -0.15) is 0 Å². The van der Waals surface area contributed by atoms with E-state index in [9.17, 15) is 9.59 Å². The number of hydrogen-bond donors (Lipinski definition) is 3. The molecule has 0 aromatic carbocycles. The Morgan fingerprint density at radius 3 is 2.82 bits per heavy atom. The average Bonchev–Trinajstić information content (AvgIpc) is 2.71. The number of hydrogen-bond acceptors (Lipinski definition) is 5. The van der Waals surface area contributed by atoms with Gasteiger partial charge in [-0.3, -0.25) is 20.4 Å². The van der Waals surface area contributed by atoms with Gasteiger partial charge in [-0.1, -0.05) is 12.1 Å². The van der Waals surface area contributed by atoms with Gasteiger partial charge in [0, 0.05) is 13.5 Å². The summed E-state index contributed by atoms with van der Waals surface area (Å²) in [6.07, 6.45) is 1.68. The van der Waals surface area contributed by atoms with Crippen molar-refractivity contribution in [1.29, 1.82) is 0 Å². The third-order valence-corrected chi connectivity index (χ3v) is 1.83. The van der Waals surface area contributed by atoms with Crippen LogP contribution in [0.2, 0.25) is 0 Å². The molecular formula is C9H16N6O2. The number of amides is 2. The molecule has 94 valence electrons. The van der Waals surface area contributed by atoms with E-state index >= 15 is 0 Å². The van der Waals surface area contributed by atoms with Gasteiger partial charge >= 0.3 is 0 Å². The van der Waals surface area contributed by atoms with Crippen LogP contribution in [0.4, 0.5) is 0 Å². The lowest BCUT2D eigenvalue weighted by Crippen LogP contribution is -2.42. The summed E-state index contributed by atoms with van der Waals surface area (Å²) < 4.78 is 1.41. The van der Waals surface area contributed by atoms with Crippen molar-refractivity contribution in [3.8, 4) is 0 Å². The first kappa shape index (κ1) is 13.1. The van der Waals surface area contributed by atoms with E-state index in [1.54, 1.807) is 6.20 Å². The molecule has 17 heavy (non-hydrogen) atoms. The van der Waals surface area contributed by atoms with Gasteiger partial charge in [0.1, 0.15) is 6.54 Å². The first-order valence-electron chi connectivity index (χ1n) is 5.27. The number of aromatic nitrogens is 3. The second kappa shape index (κ2) is 6.59. The van der Waals surface area contributed by atoms with Crippen molar-refractivity contribution in [3.63, 3.8) is 0 Å². The predicted molar refractivity (Wildman–Crippen MR) is 59.4 cm³/mol. The second-order valence-electron chi connectivity index (χ2n) is 3.42. The van der Waals surface area contributed by atoms with Gasteiger partial charge in [0.25, 0.3) is 5.91 Å². The molecule has 3 N–H and O–H groups in total. The largest absolute Gasteiger partial charge is 0.311 e. The Balaban J connectivity index is 2.37. The van der Waals surface area contributed by atoms with Crippen LogP contribution in [-0.4, -0.2) is 33.4 Å². The average molecular weight is 240 g/mol. The maximum absolute atomic E-state index is 11.3. The topological polar surface area (TPSA) is 101 Å². The summed E-state index contributed by atoms with van der Waals surface area (Å²) in [5, 5.41) is 10.8. The fraction of sp³-hybridized carbons (Fsp3) is 0.556. The summed E-state index contributed by atoms with van der Waals surface area (Å²) in [7, 11) is 0. The van der Waals surface area contributed by atoms with E-state index in [4.69, 9.17) is 0 Å². The zero-order valence-corrected chi connectivity index (χ0v) is 9.86. The van der Waals surface area contributed by atoms with Crippen LogP contribution in [0.5, 0.6) is 0 Å². The molecule has 8 heteroatoms. The third-order valence-electron chi connectivity index (χ3n) is 1.83. The molecule has 1 heterocycles. The number of nitrogens with one attached hydrogen (secondary N) is 3. The molecule has 0 aliphatic rings. The van der Waals surface area contributed by atoms with Gasteiger partial charge in [-0.15, -0.1) is 5.10 Å². The van der Waals surface area contributed by atoms with Crippen molar-refractivity contribution in [2.45, 2.75) is 26.9 Å². The number of rotatable bonds is 5. The predicted octanol–water partition coefficient (Wildman–Crippen LogP) is -1.45. The summed E-state index contributed by atoms with van der Waals surface area (Å²) in [6.45, 7) is 4.77. The Hall–Kier alpha value is -1.96. The van der Waals surface area contributed by atoms with Gasteiger partial charge in [-0.25, -0.2) is 4.68 Å². The Morgan fingerprint density at radius 1 is 1.41 bits per heavy atom. The minimum Gasteiger partial charge on any atom is -0.311 e. The molecule has 0 saturated carbocycles. The van der Waals surface area contributed by atoms with E-state index in [0.29, 0.717) is 6.54 Å². The molecule has 8 nitrogen and oxygen atoms in total. The van der Waals surface area contributed by atoms with E-state index in [1.165, 1.54) is 11.6 Å². The molecule has 0 aliphatic heterocycles. The first-order valence-corrected chi connectivity index (χ1v) is 5.27. The lowest BCUT2D eigenvalue weighted by atomic mass is 10.4. The number of hydrazine groups is 1. The molecule has 2 amide bonds. The highest BCUT2D eigenvalue weighted by molar-refractivity contribution is 5.80. The summed E-state index contributed by atoms with van der Waals surface area (Å²) >= 11 is 0. The molecule has 0 radical (unpaired) electrons. The van der Waals surface area contributed by atoms with Gasteiger partial charge in [0.15, 0.2) is 0 Å². The minimum atomic E-state index is -0.361. The van der Waals surface area contributed by atoms with E-state index in [0.717, 1.165) is 12.2 Å². The van der Waals surface area contributed by atoms with E-state index in [1.807, 2.05) is 6.92 Å².